The second-order valence-corrected chi connectivity index (χ2v) is 21.3. The summed E-state index contributed by atoms with van der Waals surface area (Å²) in [5, 5.41) is 5.69. The maximum atomic E-state index is 14.9. The average Bonchev–Trinajstić information content (AvgIpc) is 3.51. The first-order valence-electron chi connectivity index (χ1n) is 18.6. The number of ether oxygens (including phenoxy) is 1. The van der Waals surface area contributed by atoms with Gasteiger partial charge in [0.15, 0.2) is 14.0 Å². The molecule has 11 heteroatoms. The molecule has 0 aromatic carbocycles. The van der Waals surface area contributed by atoms with Crippen molar-refractivity contribution in [2.75, 3.05) is 26.7 Å². The van der Waals surface area contributed by atoms with E-state index >= 15 is 0 Å². The predicted molar refractivity (Wildman–Crippen MR) is 200 cm³/mol. The van der Waals surface area contributed by atoms with Crippen LogP contribution in [-0.2, 0) is 18.8 Å². The number of unbranched alkanes of at least 4 members (excludes halogenated alkanes) is 3. The minimum absolute atomic E-state index is 0.0506. The van der Waals surface area contributed by atoms with E-state index in [2.05, 4.69) is 71.8 Å². The van der Waals surface area contributed by atoms with Gasteiger partial charge in [-0.1, -0.05) is 81.1 Å². The Morgan fingerprint density at radius 3 is 2.35 bits per heavy atom. The number of carbonyl (C=O) groups excluding carboxylic acids is 3. The van der Waals surface area contributed by atoms with Gasteiger partial charge >= 0.3 is 5.97 Å². The first-order valence-corrected chi connectivity index (χ1v) is 22.4. The molecule has 0 bridgehead atoms. The molecule has 5 atom stereocenters. The summed E-state index contributed by atoms with van der Waals surface area (Å²) >= 11 is 1.41. The van der Waals surface area contributed by atoms with E-state index in [9.17, 15) is 14.4 Å². The van der Waals surface area contributed by atoms with Crippen molar-refractivity contribution in [2.45, 2.75) is 157 Å². The highest BCUT2D eigenvalue weighted by Gasteiger charge is 2.43. The van der Waals surface area contributed by atoms with E-state index in [1.165, 1.54) is 11.3 Å². The standard InChI is InChI=1S/C37H68N4O5SSi/c1-13-16-17-19-23-41(35(43)32(27(6)14-2)33(42)39-31-21-18-20-22-40(31)10)29(26(4)5)24-30(46-48(11,12)37(7,8)9)34-38-28(25-47-34)36(44)45-15-3/h25-27,29-32H,13-24H2,1-12H3,(H,39,42)/t27-,29+,30+,31+,32-/m0/s1. The fraction of sp³-hybridized carbons (Fsp3) is 0.838. The number of hydrogen-bond donors (Lipinski definition) is 1. The Morgan fingerprint density at radius 2 is 1.79 bits per heavy atom. The third kappa shape index (κ3) is 11.9. The van der Waals surface area contributed by atoms with Crippen molar-refractivity contribution in [1.29, 1.82) is 0 Å². The Morgan fingerprint density at radius 1 is 1.10 bits per heavy atom. The smallest absolute Gasteiger partial charge is 0.357 e. The largest absolute Gasteiger partial charge is 0.461 e. The van der Waals surface area contributed by atoms with E-state index in [0.717, 1.165) is 62.9 Å². The lowest BCUT2D eigenvalue weighted by Gasteiger charge is -2.43. The number of likely N-dealkylation sites (tertiary alicyclic amines) is 1. The molecule has 0 saturated carbocycles. The first-order chi connectivity index (χ1) is 22.5. The zero-order valence-electron chi connectivity index (χ0n) is 32.3. The van der Waals surface area contributed by atoms with Crippen LogP contribution in [0, 0.1) is 17.8 Å². The molecule has 2 rings (SSSR count). The third-order valence-electron chi connectivity index (χ3n) is 10.5. The molecule has 1 N–H and O–H groups in total. The third-order valence-corrected chi connectivity index (χ3v) is 15.9. The van der Waals surface area contributed by atoms with Crippen LogP contribution < -0.4 is 5.32 Å². The SMILES string of the molecule is CCCCCCN(C(=O)[C@H](C(=O)N[C@H]1CCCCN1C)[C@@H](C)CC)[C@H](C[C@@H](O[Si](C)(C)C(C)(C)C)c1nc(C(=O)OCC)cs1)C(C)C. The molecule has 0 unspecified atom stereocenters. The fourth-order valence-electron chi connectivity index (χ4n) is 6.13. The van der Waals surface area contributed by atoms with Gasteiger partial charge in [0.2, 0.25) is 11.8 Å². The van der Waals surface area contributed by atoms with Crippen molar-refractivity contribution in [3.63, 3.8) is 0 Å². The maximum Gasteiger partial charge on any atom is 0.357 e. The maximum absolute atomic E-state index is 14.9. The second kappa shape index (κ2) is 19.5. The van der Waals surface area contributed by atoms with Gasteiger partial charge in [0.05, 0.1) is 18.9 Å². The number of thiazole rings is 1. The number of rotatable bonds is 19. The van der Waals surface area contributed by atoms with E-state index in [4.69, 9.17) is 14.1 Å². The summed E-state index contributed by atoms with van der Waals surface area (Å²) in [5.41, 5.74) is 0.287. The van der Waals surface area contributed by atoms with Crippen LogP contribution in [0.25, 0.3) is 0 Å². The van der Waals surface area contributed by atoms with Gasteiger partial charge in [0, 0.05) is 18.0 Å². The van der Waals surface area contributed by atoms with Gasteiger partial charge in [-0.2, -0.15) is 0 Å². The molecule has 1 aliphatic heterocycles. The van der Waals surface area contributed by atoms with Crippen LogP contribution in [0.3, 0.4) is 0 Å². The number of carbonyl (C=O) groups is 3. The number of amides is 2. The molecule has 2 amide bonds. The summed E-state index contributed by atoms with van der Waals surface area (Å²) in [4.78, 5) is 50.5. The molecule has 1 saturated heterocycles. The minimum Gasteiger partial charge on any atom is -0.461 e. The van der Waals surface area contributed by atoms with E-state index in [1.807, 2.05) is 18.9 Å². The summed E-state index contributed by atoms with van der Waals surface area (Å²) in [6.45, 7) is 25.3. The van der Waals surface area contributed by atoms with Gasteiger partial charge in [-0.05, 0) is 82.6 Å². The van der Waals surface area contributed by atoms with Crippen LogP contribution >= 0.6 is 11.3 Å². The number of esters is 1. The van der Waals surface area contributed by atoms with Crippen molar-refractivity contribution in [3.05, 3.63) is 16.1 Å². The highest BCUT2D eigenvalue weighted by atomic mass is 32.1. The second-order valence-electron chi connectivity index (χ2n) is 15.7. The van der Waals surface area contributed by atoms with E-state index in [0.29, 0.717) is 13.0 Å². The highest BCUT2D eigenvalue weighted by molar-refractivity contribution is 7.09. The Labute approximate surface area is 297 Å². The fourth-order valence-corrected chi connectivity index (χ4v) is 8.32. The van der Waals surface area contributed by atoms with Crippen molar-refractivity contribution < 1.29 is 23.5 Å². The van der Waals surface area contributed by atoms with Crippen LogP contribution in [0.2, 0.25) is 18.1 Å². The average molecular weight is 709 g/mol. The lowest BCUT2D eigenvalue weighted by molar-refractivity contribution is -0.148. The zero-order valence-corrected chi connectivity index (χ0v) is 34.1. The molecule has 1 aromatic rings. The molecule has 48 heavy (non-hydrogen) atoms. The molecule has 0 radical (unpaired) electrons. The van der Waals surface area contributed by atoms with Crippen LogP contribution in [-0.4, -0.2) is 79.8 Å². The van der Waals surface area contributed by atoms with E-state index < -0.39 is 26.3 Å². The summed E-state index contributed by atoms with van der Waals surface area (Å²) in [6, 6.07) is -0.194. The summed E-state index contributed by atoms with van der Waals surface area (Å²) in [7, 11) is -0.251. The molecule has 0 spiro atoms. The Hall–Kier alpha value is -1.82. The Bertz CT molecular complexity index is 1150. The molecule has 9 nitrogen and oxygen atoms in total. The van der Waals surface area contributed by atoms with E-state index in [1.54, 1.807) is 12.3 Å². The summed E-state index contributed by atoms with van der Waals surface area (Å²) < 4.78 is 12.3. The molecule has 0 aliphatic carbocycles. The van der Waals surface area contributed by atoms with Gasteiger partial charge in [-0.15, -0.1) is 11.3 Å². The number of nitrogens with one attached hydrogen (secondary N) is 1. The van der Waals surface area contributed by atoms with Crippen LogP contribution in [0.4, 0.5) is 0 Å². The van der Waals surface area contributed by atoms with Gasteiger partial charge in [0.1, 0.15) is 10.9 Å². The Balaban J connectivity index is 2.57. The Kier molecular flexibility index (Phi) is 17.2. The molecule has 1 aliphatic rings. The topological polar surface area (TPSA) is 101 Å². The quantitative estimate of drug-likeness (QED) is 0.0667. The predicted octanol–water partition coefficient (Wildman–Crippen LogP) is 8.43. The van der Waals surface area contributed by atoms with Gasteiger partial charge < -0.3 is 19.4 Å². The van der Waals surface area contributed by atoms with Crippen molar-refractivity contribution in [1.82, 2.24) is 20.1 Å². The number of piperidine rings is 1. The van der Waals surface area contributed by atoms with Crippen LogP contribution in [0.5, 0.6) is 0 Å². The molecular formula is C37H68N4O5SSi. The number of aromatic nitrogens is 1. The minimum atomic E-state index is -2.30. The summed E-state index contributed by atoms with van der Waals surface area (Å²) in [6.07, 6.45) is 7.98. The zero-order chi connectivity index (χ0) is 36.2. The molecule has 1 fully saturated rings. The number of nitrogens with zero attached hydrogens (tertiary/aromatic N) is 3. The van der Waals surface area contributed by atoms with Crippen LogP contribution in [0.15, 0.2) is 5.38 Å². The van der Waals surface area contributed by atoms with Gasteiger partial charge in [-0.25, -0.2) is 9.78 Å². The first kappa shape index (κ1) is 42.3. The highest BCUT2D eigenvalue weighted by Crippen LogP contribution is 2.42. The van der Waals surface area contributed by atoms with Gasteiger partial charge in [-0.3, -0.25) is 14.5 Å². The molecule has 2 heterocycles. The summed E-state index contributed by atoms with van der Waals surface area (Å²) in [5.74, 6) is -1.48. The molecular weight excluding hydrogens is 641 g/mol. The van der Waals surface area contributed by atoms with Crippen molar-refractivity contribution in [2.24, 2.45) is 17.8 Å². The normalized spacial score (nSPS) is 18.6. The lowest BCUT2D eigenvalue weighted by Crippen LogP contribution is -2.56. The van der Waals surface area contributed by atoms with Gasteiger partial charge in [0.25, 0.3) is 0 Å². The van der Waals surface area contributed by atoms with Crippen LogP contribution in [0.1, 0.15) is 142 Å². The van der Waals surface area contributed by atoms with Crippen molar-refractivity contribution >= 4 is 37.4 Å². The lowest BCUT2D eigenvalue weighted by atomic mass is 9.87. The number of hydrogen-bond acceptors (Lipinski definition) is 8. The molecule has 1 aromatic heterocycles. The van der Waals surface area contributed by atoms with E-state index in [-0.39, 0.29) is 53.2 Å². The molecule has 276 valence electrons. The monoisotopic (exact) mass is 708 g/mol. The van der Waals surface area contributed by atoms with Crippen molar-refractivity contribution in [3.8, 4) is 0 Å².